The average Bonchev–Trinajstić information content (AvgIpc) is 2.27. The first-order valence-corrected chi connectivity index (χ1v) is 7.10. The van der Waals surface area contributed by atoms with Gasteiger partial charge in [-0.25, -0.2) is 0 Å². The molecule has 0 aromatic rings. The van der Waals surface area contributed by atoms with Crippen LogP contribution in [-0.2, 0) is 0 Å². The second-order valence-corrected chi connectivity index (χ2v) is 5.61. The lowest BCUT2D eigenvalue weighted by atomic mass is 9.78. The number of thiocarbonyl (C=S) groups is 1. The van der Waals surface area contributed by atoms with E-state index in [1.807, 2.05) is 0 Å². The van der Waals surface area contributed by atoms with Crippen molar-refractivity contribution in [2.75, 3.05) is 6.54 Å². The van der Waals surface area contributed by atoms with Gasteiger partial charge in [-0.15, -0.1) is 0 Å². The van der Waals surface area contributed by atoms with Crippen LogP contribution in [0, 0.1) is 11.8 Å². The summed E-state index contributed by atoms with van der Waals surface area (Å²) >= 11 is 5.32. The molecule has 0 spiro atoms. The molecule has 0 bridgehead atoms. The molecule has 0 saturated heterocycles. The Kier molecular flexibility index (Phi) is 6.10. The highest BCUT2D eigenvalue weighted by atomic mass is 32.1. The maximum atomic E-state index is 5.32. The van der Waals surface area contributed by atoms with Crippen molar-refractivity contribution in [2.45, 2.75) is 58.9 Å². The van der Waals surface area contributed by atoms with Gasteiger partial charge in [-0.1, -0.05) is 33.6 Å². The summed E-state index contributed by atoms with van der Waals surface area (Å²) in [5.41, 5.74) is 0. The molecule has 2 unspecified atom stereocenters. The lowest BCUT2D eigenvalue weighted by Gasteiger charge is -2.35. The van der Waals surface area contributed by atoms with E-state index in [4.69, 9.17) is 12.2 Å². The first-order chi connectivity index (χ1) is 7.65. The van der Waals surface area contributed by atoms with Crippen molar-refractivity contribution in [3.05, 3.63) is 0 Å². The summed E-state index contributed by atoms with van der Waals surface area (Å²) in [6.45, 7) is 7.79. The van der Waals surface area contributed by atoms with Gasteiger partial charge in [-0.05, 0) is 43.3 Å². The summed E-state index contributed by atoms with van der Waals surface area (Å²) in [4.78, 5) is 0. The fourth-order valence-electron chi connectivity index (χ4n) is 2.59. The molecule has 0 aromatic heterocycles. The summed E-state index contributed by atoms with van der Waals surface area (Å²) in [5, 5.41) is 7.61. The van der Waals surface area contributed by atoms with Crippen LogP contribution in [0.1, 0.15) is 52.9 Å². The predicted molar refractivity (Wildman–Crippen MR) is 74.6 cm³/mol. The maximum Gasteiger partial charge on any atom is 0.166 e. The van der Waals surface area contributed by atoms with E-state index in [2.05, 4.69) is 31.4 Å². The first-order valence-electron chi connectivity index (χ1n) is 6.69. The third-order valence-electron chi connectivity index (χ3n) is 3.53. The molecule has 16 heavy (non-hydrogen) atoms. The van der Waals surface area contributed by atoms with Crippen LogP contribution in [0.15, 0.2) is 0 Å². The van der Waals surface area contributed by atoms with Gasteiger partial charge < -0.3 is 10.6 Å². The number of hydrogen-bond donors (Lipinski definition) is 2. The van der Waals surface area contributed by atoms with Crippen LogP contribution in [0.5, 0.6) is 0 Å². The zero-order valence-electron chi connectivity index (χ0n) is 10.9. The van der Waals surface area contributed by atoms with Crippen molar-refractivity contribution < 1.29 is 0 Å². The van der Waals surface area contributed by atoms with Crippen LogP contribution in [0.3, 0.4) is 0 Å². The summed E-state index contributed by atoms with van der Waals surface area (Å²) in [5.74, 6) is 1.54. The molecule has 2 N–H and O–H groups in total. The van der Waals surface area contributed by atoms with Crippen molar-refractivity contribution in [1.82, 2.24) is 10.6 Å². The van der Waals surface area contributed by atoms with Gasteiger partial charge >= 0.3 is 0 Å². The summed E-state index contributed by atoms with van der Waals surface area (Å²) in [7, 11) is 0. The fourth-order valence-corrected chi connectivity index (χ4v) is 2.85. The van der Waals surface area contributed by atoms with Gasteiger partial charge in [0.05, 0.1) is 0 Å². The van der Waals surface area contributed by atoms with Gasteiger partial charge in [-0.3, -0.25) is 0 Å². The van der Waals surface area contributed by atoms with Crippen molar-refractivity contribution in [3.8, 4) is 0 Å². The zero-order chi connectivity index (χ0) is 12.0. The molecule has 0 aliphatic heterocycles. The minimum Gasteiger partial charge on any atom is -0.363 e. The SMILES string of the molecule is CCCNC(=S)NC1CCCCC1C(C)C. The van der Waals surface area contributed by atoms with E-state index in [0.717, 1.165) is 29.9 Å². The zero-order valence-corrected chi connectivity index (χ0v) is 11.7. The molecule has 94 valence electrons. The van der Waals surface area contributed by atoms with Gasteiger partial charge in [0, 0.05) is 12.6 Å². The van der Waals surface area contributed by atoms with Gasteiger partial charge in [-0.2, -0.15) is 0 Å². The van der Waals surface area contributed by atoms with Gasteiger partial charge in [0.2, 0.25) is 0 Å². The Morgan fingerprint density at radius 1 is 1.31 bits per heavy atom. The normalized spacial score (nSPS) is 25.5. The van der Waals surface area contributed by atoms with Crippen LogP contribution in [0.25, 0.3) is 0 Å². The highest BCUT2D eigenvalue weighted by Crippen LogP contribution is 2.30. The highest BCUT2D eigenvalue weighted by molar-refractivity contribution is 7.80. The van der Waals surface area contributed by atoms with E-state index in [-0.39, 0.29) is 0 Å². The van der Waals surface area contributed by atoms with Crippen LogP contribution in [0.2, 0.25) is 0 Å². The molecule has 1 fully saturated rings. The van der Waals surface area contributed by atoms with Crippen LogP contribution in [-0.4, -0.2) is 17.7 Å². The minimum atomic E-state index is 0.589. The van der Waals surface area contributed by atoms with E-state index >= 15 is 0 Å². The van der Waals surface area contributed by atoms with Crippen molar-refractivity contribution >= 4 is 17.3 Å². The number of rotatable bonds is 4. The van der Waals surface area contributed by atoms with Crippen LogP contribution < -0.4 is 10.6 Å². The molecule has 1 saturated carbocycles. The Balaban J connectivity index is 2.40. The largest absolute Gasteiger partial charge is 0.363 e. The second-order valence-electron chi connectivity index (χ2n) is 5.20. The molecule has 2 atom stereocenters. The summed E-state index contributed by atoms with van der Waals surface area (Å²) in [6, 6.07) is 0.589. The van der Waals surface area contributed by atoms with Crippen LogP contribution >= 0.6 is 12.2 Å². The second kappa shape index (κ2) is 7.10. The van der Waals surface area contributed by atoms with Crippen molar-refractivity contribution in [2.24, 2.45) is 11.8 Å². The fraction of sp³-hybridized carbons (Fsp3) is 0.923. The number of nitrogens with one attached hydrogen (secondary N) is 2. The molecule has 2 nitrogen and oxygen atoms in total. The van der Waals surface area contributed by atoms with E-state index in [9.17, 15) is 0 Å². The summed E-state index contributed by atoms with van der Waals surface area (Å²) < 4.78 is 0. The number of hydrogen-bond acceptors (Lipinski definition) is 1. The van der Waals surface area contributed by atoms with Crippen molar-refractivity contribution in [3.63, 3.8) is 0 Å². The summed E-state index contributed by atoms with van der Waals surface area (Å²) in [6.07, 6.45) is 6.48. The highest BCUT2D eigenvalue weighted by Gasteiger charge is 2.27. The third-order valence-corrected chi connectivity index (χ3v) is 3.79. The molecule has 0 heterocycles. The molecule has 3 heteroatoms. The minimum absolute atomic E-state index is 0.589. The average molecular weight is 242 g/mol. The van der Waals surface area contributed by atoms with Gasteiger partial charge in [0.15, 0.2) is 5.11 Å². The van der Waals surface area contributed by atoms with E-state index in [1.165, 1.54) is 25.7 Å². The van der Waals surface area contributed by atoms with Crippen molar-refractivity contribution in [1.29, 1.82) is 0 Å². The molecule has 1 rings (SSSR count). The van der Waals surface area contributed by atoms with Gasteiger partial charge in [0.1, 0.15) is 0 Å². The molecular weight excluding hydrogens is 216 g/mol. The third kappa shape index (κ3) is 4.28. The Labute approximate surface area is 106 Å². The Hall–Kier alpha value is -0.310. The first kappa shape index (κ1) is 13.8. The Morgan fingerprint density at radius 2 is 2.00 bits per heavy atom. The van der Waals surface area contributed by atoms with E-state index in [1.54, 1.807) is 0 Å². The smallest absolute Gasteiger partial charge is 0.166 e. The molecule has 0 aromatic carbocycles. The molecule has 1 aliphatic carbocycles. The van der Waals surface area contributed by atoms with E-state index in [0.29, 0.717) is 6.04 Å². The standard InChI is InChI=1S/C13H26N2S/c1-4-9-14-13(16)15-12-8-6-5-7-11(12)10(2)3/h10-12H,4-9H2,1-3H3,(H2,14,15,16). The topological polar surface area (TPSA) is 24.1 Å². The quantitative estimate of drug-likeness (QED) is 0.741. The molecule has 0 radical (unpaired) electrons. The lowest BCUT2D eigenvalue weighted by Crippen LogP contribution is -2.48. The Morgan fingerprint density at radius 3 is 2.62 bits per heavy atom. The van der Waals surface area contributed by atoms with Gasteiger partial charge in [0.25, 0.3) is 0 Å². The van der Waals surface area contributed by atoms with Crippen LogP contribution in [0.4, 0.5) is 0 Å². The lowest BCUT2D eigenvalue weighted by molar-refractivity contribution is 0.224. The molecule has 1 aliphatic rings. The monoisotopic (exact) mass is 242 g/mol. The van der Waals surface area contributed by atoms with E-state index < -0.39 is 0 Å². The predicted octanol–water partition coefficient (Wildman–Crippen LogP) is 3.08. The molecular formula is C13H26N2S. The Bertz CT molecular complexity index is 216. The maximum absolute atomic E-state index is 5.32. The molecule has 0 amide bonds.